The van der Waals surface area contributed by atoms with Gasteiger partial charge in [-0.05, 0) is 42.5 Å². The molecule has 2 aromatic rings. The maximum Gasteiger partial charge on any atom is 0.0943 e. The molecule has 1 heterocycles. The molecular formula is C16H16ClNO. The van der Waals surface area contributed by atoms with E-state index in [4.69, 9.17) is 11.6 Å². The summed E-state index contributed by atoms with van der Waals surface area (Å²) in [5.74, 6) is 0. The van der Waals surface area contributed by atoms with E-state index in [0.29, 0.717) is 11.4 Å². The minimum absolute atomic E-state index is 0.546. The van der Waals surface area contributed by atoms with E-state index in [0.717, 1.165) is 24.0 Å². The van der Waals surface area contributed by atoms with Crippen LogP contribution in [0.5, 0.6) is 0 Å². The van der Waals surface area contributed by atoms with Crippen molar-refractivity contribution in [3.8, 4) is 0 Å². The van der Waals surface area contributed by atoms with Crippen molar-refractivity contribution in [1.82, 2.24) is 4.98 Å². The zero-order valence-corrected chi connectivity index (χ0v) is 11.6. The molecule has 0 bridgehead atoms. The molecule has 0 saturated carbocycles. The molecule has 3 heteroatoms. The molecule has 98 valence electrons. The predicted molar refractivity (Wildman–Crippen MR) is 76.3 cm³/mol. The fourth-order valence-corrected chi connectivity index (χ4v) is 3.05. The number of pyridine rings is 1. The third-order valence-corrected chi connectivity index (χ3v) is 4.25. The molecule has 0 spiro atoms. The van der Waals surface area contributed by atoms with Crippen molar-refractivity contribution in [1.29, 1.82) is 0 Å². The Hall–Kier alpha value is -1.38. The standard InChI is InChI=1S/C16H16ClNO/c1-11-2-3-12-4-6-16(19,14(12)8-11)9-13-5-7-18-10-15(13)17/h2-3,5,7-8,10,19H,4,6,9H2,1H3. The zero-order valence-electron chi connectivity index (χ0n) is 10.9. The van der Waals surface area contributed by atoms with Crippen LogP contribution in [0.4, 0.5) is 0 Å². The topological polar surface area (TPSA) is 33.1 Å². The van der Waals surface area contributed by atoms with Crippen LogP contribution in [0, 0.1) is 6.92 Å². The smallest absolute Gasteiger partial charge is 0.0943 e. The third-order valence-electron chi connectivity index (χ3n) is 3.91. The largest absolute Gasteiger partial charge is 0.385 e. The Morgan fingerprint density at radius 2 is 2.21 bits per heavy atom. The molecule has 3 rings (SSSR count). The van der Waals surface area contributed by atoms with E-state index < -0.39 is 5.60 Å². The maximum absolute atomic E-state index is 11.0. The van der Waals surface area contributed by atoms with E-state index in [1.807, 2.05) is 6.07 Å². The minimum atomic E-state index is -0.799. The van der Waals surface area contributed by atoms with E-state index in [9.17, 15) is 5.11 Å². The molecule has 0 aliphatic heterocycles. The highest BCUT2D eigenvalue weighted by molar-refractivity contribution is 6.31. The number of hydrogen-bond donors (Lipinski definition) is 1. The number of nitrogens with zero attached hydrogens (tertiary/aromatic N) is 1. The highest BCUT2D eigenvalue weighted by Crippen LogP contribution is 2.40. The Morgan fingerprint density at radius 3 is 3.00 bits per heavy atom. The molecular weight excluding hydrogens is 258 g/mol. The number of benzene rings is 1. The number of aryl methyl sites for hydroxylation is 2. The number of fused-ring (bicyclic) bond motifs is 1. The first-order chi connectivity index (χ1) is 9.08. The van der Waals surface area contributed by atoms with Crippen LogP contribution in [0.2, 0.25) is 5.02 Å². The van der Waals surface area contributed by atoms with Crippen molar-refractivity contribution < 1.29 is 5.11 Å². The molecule has 1 N–H and O–H groups in total. The summed E-state index contributed by atoms with van der Waals surface area (Å²) in [5, 5.41) is 11.6. The average Bonchev–Trinajstić information content (AvgIpc) is 2.70. The van der Waals surface area contributed by atoms with Crippen LogP contribution in [-0.4, -0.2) is 10.1 Å². The quantitative estimate of drug-likeness (QED) is 0.909. The molecule has 0 saturated heterocycles. The van der Waals surface area contributed by atoms with Crippen LogP contribution < -0.4 is 0 Å². The van der Waals surface area contributed by atoms with Gasteiger partial charge in [0.05, 0.1) is 10.6 Å². The minimum Gasteiger partial charge on any atom is -0.385 e. The Balaban J connectivity index is 1.99. The summed E-state index contributed by atoms with van der Waals surface area (Å²) < 4.78 is 0. The van der Waals surface area contributed by atoms with Crippen molar-refractivity contribution in [3.63, 3.8) is 0 Å². The molecule has 1 aromatic carbocycles. The molecule has 1 atom stereocenters. The lowest BCUT2D eigenvalue weighted by Gasteiger charge is -2.25. The fraction of sp³-hybridized carbons (Fsp3) is 0.312. The Morgan fingerprint density at radius 1 is 1.37 bits per heavy atom. The summed E-state index contributed by atoms with van der Waals surface area (Å²) in [6.45, 7) is 2.05. The van der Waals surface area contributed by atoms with Crippen molar-refractivity contribution in [3.05, 3.63) is 63.9 Å². The van der Waals surface area contributed by atoms with Crippen LogP contribution in [0.15, 0.2) is 36.7 Å². The maximum atomic E-state index is 11.0. The molecule has 0 amide bonds. The van der Waals surface area contributed by atoms with Gasteiger partial charge in [0.1, 0.15) is 0 Å². The van der Waals surface area contributed by atoms with Crippen LogP contribution in [0.1, 0.15) is 28.7 Å². The van der Waals surface area contributed by atoms with E-state index in [2.05, 4.69) is 30.1 Å². The second-order valence-electron chi connectivity index (χ2n) is 5.34. The van der Waals surface area contributed by atoms with Crippen LogP contribution in [0.3, 0.4) is 0 Å². The van der Waals surface area contributed by atoms with Crippen molar-refractivity contribution in [2.75, 3.05) is 0 Å². The van der Waals surface area contributed by atoms with Crippen LogP contribution >= 0.6 is 11.6 Å². The molecule has 0 fully saturated rings. The molecule has 19 heavy (non-hydrogen) atoms. The van der Waals surface area contributed by atoms with Crippen molar-refractivity contribution >= 4 is 11.6 Å². The first kappa shape index (κ1) is 12.6. The first-order valence-electron chi connectivity index (χ1n) is 6.49. The summed E-state index contributed by atoms with van der Waals surface area (Å²) in [5.41, 5.74) is 3.64. The van der Waals surface area contributed by atoms with Crippen molar-refractivity contribution in [2.24, 2.45) is 0 Å². The summed E-state index contributed by atoms with van der Waals surface area (Å²) in [7, 11) is 0. The molecule has 1 aliphatic rings. The third kappa shape index (κ3) is 2.26. The Bertz CT molecular complexity index is 626. The summed E-state index contributed by atoms with van der Waals surface area (Å²) in [6.07, 6.45) is 5.58. The Labute approximate surface area is 118 Å². The van der Waals surface area contributed by atoms with Crippen molar-refractivity contribution in [2.45, 2.75) is 31.8 Å². The lowest BCUT2D eigenvalue weighted by atomic mass is 9.88. The molecule has 1 unspecified atom stereocenters. The van der Waals surface area contributed by atoms with Gasteiger partial charge in [-0.15, -0.1) is 0 Å². The second-order valence-corrected chi connectivity index (χ2v) is 5.74. The predicted octanol–water partition coefficient (Wildman–Crippen LogP) is 3.42. The van der Waals surface area contributed by atoms with E-state index >= 15 is 0 Å². The van der Waals surface area contributed by atoms with Gasteiger partial charge in [-0.25, -0.2) is 0 Å². The highest BCUT2D eigenvalue weighted by atomic mass is 35.5. The average molecular weight is 274 g/mol. The number of hydrogen-bond acceptors (Lipinski definition) is 2. The number of halogens is 1. The van der Waals surface area contributed by atoms with E-state index in [-0.39, 0.29) is 0 Å². The Kier molecular flexibility index (Phi) is 3.08. The van der Waals surface area contributed by atoms with Crippen LogP contribution in [-0.2, 0) is 18.4 Å². The van der Waals surface area contributed by atoms with Gasteiger partial charge >= 0.3 is 0 Å². The highest BCUT2D eigenvalue weighted by Gasteiger charge is 2.37. The SMILES string of the molecule is Cc1ccc2c(c1)C(O)(Cc1ccncc1Cl)CC2. The summed E-state index contributed by atoms with van der Waals surface area (Å²) in [4.78, 5) is 3.99. The normalized spacial score (nSPS) is 21.4. The first-order valence-corrected chi connectivity index (χ1v) is 6.87. The number of aliphatic hydroxyl groups is 1. The summed E-state index contributed by atoms with van der Waals surface area (Å²) in [6, 6.07) is 8.20. The van der Waals surface area contributed by atoms with Gasteiger partial charge < -0.3 is 5.11 Å². The van der Waals surface area contributed by atoms with E-state index in [1.165, 1.54) is 11.1 Å². The summed E-state index contributed by atoms with van der Waals surface area (Å²) >= 11 is 6.15. The van der Waals surface area contributed by atoms with Gasteiger partial charge in [-0.2, -0.15) is 0 Å². The molecule has 0 radical (unpaired) electrons. The van der Waals surface area contributed by atoms with E-state index in [1.54, 1.807) is 12.4 Å². The second kappa shape index (κ2) is 4.62. The fourth-order valence-electron chi connectivity index (χ4n) is 2.86. The van der Waals surface area contributed by atoms with Gasteiger partial charge in [0.2, 0.25) is 0 Å². The molecule has 1 aliphatic carbocycles. The van der Waals surface area contributed by atoms with Crippen LogP contribution in [0.25, 0.3) is 0 Å². The van der Waals surface area contributed by atoms with Gasteiger partial charge in [-0.3, -0.25) is 4.98 Å². The zero-order chi connectivity index (χ0) is 13.5. The number of rotatable bonds is 2. The monoisotopic (exact) mass is 273 g/mol. The number of aromatic nitrogens is 1. The molecule has 1 aromatic heterocycles. The van der Waals surface area contributed by atoms with Gasteiger partial charge in [0.25, 0.3) is 0 Å². The van der Waals surface area contributed by atoms with Gasteiger partial charge in [0.15, 0.2) is 0 Å². The molecule has 2 nitrogen and oxygen atoms in total. The van der Waals surface area contributed by atoms with Gasteiger partial charge in [-0.1, -0.05) is 35.4 Å². The lowest BCUT2D eigenvalue weighted by molar-refractivity contribution is 0.0389. The van der Waals surface area contributed by atoms with Gasteiger partial charge in [0, 0.05) is 18.8 Å². The lowest BCUT2D eigenvalue weighted by Crippen LogP contribution is -2.25.